The van der Waals surface area contributed by atoms with E-state index >= 15 is 0 Å². The van der Waals surface area contributed by atoms with Crippen LogP contribution in [0.25, 0.3) is 0 Å². The molecule has 0 spiro atoms. The van der Waals surface area contributed by atoms with Crippen LogP contribution in [0.4, 0.5) is 5.69 Å². The average molecular weight is 281 g/mol. The number of hydrogen-bond acceptors (Lipinski definition) is 3. The Bertz CT molecular complexity index is 445. The number of hydrogen-bond donors (Lipinski definition) is 2. The lowest BCUT2D eigenvalue weighted by atomic mass is 10.0. The minimum Gasteiger partial charge on any atom is -0.481 e. The summed E-state index contributed by atoms with van der Waals surface area (Å²) >= 11 is 1.65. The number of anilines is 1. The van der Waals surface area contributed by atoms with E-state index < -0.39 is 11.9 Å². The molecule has 1 amide bonds. The second kappa shape index (κ2) is 7.19. The zero-order valence-electron chi connectivity index (χ0n) is 11.3. The van der Waals surface area contributed by atoms with E-state index in [4.69, 9.17) is 5.11 Å². The predicted octanol–water partition coefficient (Wildman–Crippen LogP) is 2.95. The lowest BCUT2D eigenvalue weighted by Crippen LogP contribution is -2.16. The van der Waals surface area contributed by atoms with Crippen molar-refractivity contribution < 1.29 is 14.7 Å². The molecule has 0 heterocycles. The highest BCUT2D eigenvalue weighted by Gasteiger charge is 2.13. The van der Waals surface area contributed by atoms with Crippen LogP contribution in [-0.2, 0) is 9.59 Å². The van der Waals surface area contributed by atoms with Crippen LogP contribution >= 0.6 is 11.8 Å². The Balaban J connectivity index is 2.62. The van der Waals surface area contributed by atoms with Gasteiger partial charge in [0.15, 0.2) is 0 Å². The highest BCUT2D eigenvalue weighted by Crippen LogP contribution is 2.19. The fourth-order valence-electron chi connectivity index (χ4n) is 1.55. The number of carbonyl (C=O) groups excluding carboxylic acids is 1. The third-order valence-corrected chi connectivity index (χ3v) is 3.91. The van der Waals surface area contributed by atoms with Gasteiger partial charge >= 0.3 is 5.97 Å². The summed E-state index contributed by atoms with van der Waals surface area (Å²) in [4.78, 5) is 22.5. The molecule has 19 heavy (non-hydrogen) atoms. The first kappa shape index (κ1) is 15.6. The molecule has 0 radical (unpaired) electrons. The van der Waals surface area contributed by atoms with Gasteiger partial charge in [-0.25, -0.2) is 0 Å². The van der Waals surface area contributed by atoms with Gasteiger partial charge in [-0.3, -0.25) is 9.59 Å². The number of amides is 1. The molecular weight excluding hydrogens is 262 g/mol. The van der Waals surface area contributed by atoms with Gasteiger partial charge in [0.05, 0.1) is 5.92 Å². The van der Waals surface area contributed by atoms with Gasteiger partial charge in [0, 0.05) is 17.4 Å². The number of carbonyl (C=O) groups is 2. The van der Waals surface area contributed by atoms with Crippen LogP contribution in [-0.4, -0.2) is 28.5 Å². The molecule has 2 N–H and O–H groups in total. The molecule has 5 heteroatoms. The van der Waals surface area contributed by atoms with Crippen LogP contribution in [0, 0.1) is 0 Å². The van der Waals surface area contributed by atoms with Crippen molar-refractivity contribution in [2.75, 3.05) is 11.6 Å². The third-order valence-electron chi connectivity index (χ3n) is 2.94. The summed E-state index contributed by atoms with van der Waals surface area (Å²) in [5.74, 6) is -1.42. The molecule has 0 bridgehead atoms. The zero-order valence-corrected chi connectivity index (χ0v) is 12.2. The Morgan fingerprint density at radius 1 is 1.26 bits per heavy atom. The quantitative estimate of drug-likeness (QED) is 0.841. The predicted molar refractivity (Wildman–Crippen MR) is 78.7 cm³/mol. The monoisotopic (exact) mass is 281 g/mol. The summed E-state index contributed by atoms with van der Waals surface area (Å²) in [5, 5.41) is 12.0. The SMILES string of the molecule is CSC(C)CC(=O)Nc1ccc(C(C)C(=O)O)cc1. The molecule has 0 saturated heterocycles. The molecule has 1 aromatic carbocycles. The number of aliphatic carboxylic acids is 1. The summed E-state index contributed by atoms with van der Waals surface area (Å²) in [5.41, 5.74) is 1.42. The number of carboxylic acids is 1. The lowest BCUT2D eigenvalue weighted by molar-refractivity contribution is -0.138. The zero-order chi connectivity index (χ0) is 14.4. The first-order chi connectivity index (χ1) is 8.93. The summed E-state index contributed by atoms with van der Waals surface area (Å²) in [6, 6.07) is 6.92. The van der Waals surface area contributed by atoms with E-state index in [1.165, 1.54) is 0 Å². The number of nitrogens with one attached hydrogen (secondary N) is 1. The van der Waals surface area contributed by atoms with Gasteiger partial charge in [-0.15, -0.1) is 0 Å². The smallest absolute Gasteiger partial charge is 0.310 e. The van der Waals surface area contributed by atoms with E-state index in [1.54, 1.807) is 43.0 Å². The Hall–Kier alpha value is -1.49. The molecule has 0 saturated carbocycles. The summed E-state index contributed by atoms with van der Waals surface area (Å²) < 4.78 is 0. The molecule has 0 aliphatic rings. The minimum absolute atomic E-state index is 0.0270. The summed E-state index contributed by atoms with van der Waals surface area (Å²) in [7, 11) is 0. The molecule has 4 nitrogen and oxygen atoms in total. The second-order valence-electron chi connectivity index (χ2n) is 4.48. The van der Waals surface area contributed by atoms with Crippen LogP contribution < -0.4 is 5.32 Å². The van der Waals surface area contributed by atoms with Crippen LogP contribution in [0.3, 0.4) is 0 Å². The van der Waals surface area contributed by atoms with Crippen molar-refractivity contribution in [2.45, 2.75) is 31.4 Å². The van der Waals surface area contributed by atoms with E-state index in [0.29, 0.717) is 12.1 Å². The number of rotatable bonds is 6. The Labute approximate surface area is 117 Å². The summed E-state index contributed by atoms with van der Waals surface area (Å²) in [6.07, 6.45) is 2.44. The van der Waals surface area contributed by atoms with Crippen molar-refractivity contribution in [3.8, 4) is 0 Å². The molecular formula is C14H19NO3S. The topological polar surface area (TPSA) is 66.4 Å². The molecule has 2 atom stereocenters. The van der Waals surface area contributed by atoms with Crippen molar-refractivity contribution in [3.63, 3.8) is 0 Å². The van der Waals surface area contributed by atoms with Gasteiger partial charge in [-0.05, 0) is 30.9 Å². The second-order valence-corrected chi connectivity index (χ2v) is 5.76. The molecule has 2 unspecified atom stereocenters. The minimum atomic E-state index is -0.856. The fourth-order valence-corrected chi connectivity index (χ4v) is 1.87. The van der Waals surface area contributed by atoms with Crippen LogP contribution in [0.15, 0.2) is 24.3 Å². The lowest BCUT2D eigenvalue weighted by Gasteiger charge is -2.10. The highest BCUT2D eigenvalue weighted by molar-refractivity contribution is 7.99. The molecule has 1 rings (SSSR count). The summed E-state index contributed by atoms with van der Waals surface area (Å²) in [6.45, 7) is 3.64. The van der Waals surface area contributed by atoms with Gasteiger partial charge in [-0.2, -0.15) is 11.8 Å². The standard InChI is InChI=1S/C14H19NO3S/c1-9(19-3)8-13(16)15-12-6-4-11(5-7-12)10(2)14(17)18/h4-7,9-10H,8H2,1-3H3,(H,15,16)(H,17,18). The van der Waals surface area contributed by atoms with E-state index in [-0.39, 0.29) is 11.2 Å². The van der Waals surface area contributed by atoms with Gasteiger partial charge in [-0.1, -0.05) is 19.1 Å². The Morgan fingerprint density at radius 3 is 2.32 bits per heavy atom. The van der Waals surface area contributed by atoms with Gasteiger partial charge < -0.3 is 10.4 Å². The number of benzene rings is 1. The maximum Gasteiger partial charge on any atom is 0.310 e. The van der Waals surface area contributed by atoms with Crippen LogP contribution in [0.2, 0.25) is 0 Å². The van der Waals surface area contributed by atoms with Gasteiger partial charge in [0.2, 0.25) is 5.91 Å². The van der Waals surface area contributed by atoms with E-state index in [1.807, 2.05) is 13.2 Å². The third kappa shape index (κ3) is 4.95. The van der Waals surface area contributed by atoms with Crippen molar-refractivity contribution in [1.82, 2.24) is 0 Å². The van der Waals surface area contributed by atoms with Gasteiger partial charge in [0.1, 0.15) is 0 Å². The fraction of sp³-hybridized carbons (Fsp3) is 0.429. The maximum atomic E-state index is 11.7. The first-order valence-corrected chi connectivity index (χ1v) is 7.38. The molecule has 104 valence electrons. The van der Waals surface area contributed by atoms with E-state index in [2.05, 4.69) is 5.32 Å². The number of carboxylic acid groups (broad SMARTS) is 1. The normalized spacial score (nSPS) is 13.6. The van der Waals surface area contributed by atoms with E-state index in [0.717, 1.165) is 5.56 Å². The highest BCUT2D eigenvalue weighted by atomic mass is 32.2. The largest absolute Gasteiger partial charge is 0.481 e. The Morgan fingerprint density at radius 2 is 1.84 bits per heavy atom. The average Bonchev–Trinajstić information content (AvgIpc) is 2.38. The van der Waals surface area contributed by atoms with Crippen molar-refractivity contribution >= 4 is 29.3 Å². The van der Waals surface area contributed by atoms with Crippen LogP contribution in [0.1, 0.15) is 31.7 Å². The molecule has 0 aromatic heterocycles. The Kier molecular flexibility index (Phi) is 5.89. The van der Waals surface area contributed by atoms with Gasteiger partial charge in [0.25, 0.3) is 0 Å². The molecule has 1 aromatic rings. The molecule has 0 aliphatic heterocycles. The van der Waals surface area contributed by atoms with Crippen LogP contribution in [0.5, 0.6) is 0 Å². The van der Waals surface area contributed by atoms with Crippen molar-refractivity contribution in [3.05, 3.63) is 29.8 Å². The molecule has 0 aliphatic carbocycles. The first-order valence-electron chi connectivity index (χ1n) is 6.09. The van der Waals surface area contributed by atoms with Crippen molar-refractivity contribution in [1.29, 1.82) is 0 Å². The molecule has 0 fully saturated rings. The van der Waals surface area contributed by atoms with E-state index in [9.17, 15) is 9.59 Å². The maximum absolute atomic E-state index is 11.7. The number of thioether (sulfide) groups is 1. The van der Waals surface area contributed by atoms with Crippen molar-refractivity contribution in [2.24, 2.45) is 0 Å².